The van der Waals surface area contributed by atoms with Crippen LogP contribution in [-0.4, -0.2) is 16.1 Å². The molecule has 164 valence electrons. The van der Waals surface area contributed by atoms with Crippen molar-refractivity contribution in [1.29, 1.82) is 0 Å². The van der Waals surface area contributed by atoms with E-state index in [0.717, 1.165) is 62.0 Å². The number of carboxylic acid groups (broad SMARTS) is 1. The Kier molecular flexibility index (Phi) is 6.12. The highest BCUT2D eigenvalue weighted by Crippen LogP contribution is 2.47. The normalized spacial score (nSPS) is 14.9. The lowest BCUT2D eigenvalue weighted by Gasteiger charge is -2.32. The fourth-order valence-electron chi connectivity index (χ4n) is 4.35. The van der Waals surface area contributed by atoms with Crippen molar-refractivity contribution in [2.75, 3.05) is 0 Å². The number of carboxylic acids is 1. The Hall–Kier alpha value is -3.21. The molecule has 0 radical (unpaired) electrons. The van der Waals surface area contributed by atoms with Crippen molar-refractivity contribution < 1.29 is 9.90 Å². The second kappa shape index (κ2) is 9.34. The first-order chi connectivity index (χ1) is 16.1. The van der Waals surface area contributed by atoms with E-state index in [9.17, 15) is 4.79 Å². The summed E-state index contributed by atoms with van der Waals surface area (Å²) in [6.45, 7) is 0. The number of hydrogen-bond donors (Lipinski definition) is 1. The second-order valence-electron chi connectivity index (χ2n) is 8.22. The van der Waals surface area contributed by atoms with Gasteiger partial charge in [-0.25, -0.2) is 9.78 Å². The predicted octanol–water partition coefficient (Wildman–Crippen LogP) is 7.81. The third kappa shape index (κ3) is 4.50. The number of halogens is 1. The lowest BCUT2D eigenvalue weighted by atomic mass is 9.73. The summed E-state index contributed by atoms with van der Waals surface area (Å²) in [6.07, 6.45) is 6.27. The maximum atomic E-state index is 10.9. The van der Waals surface area contributed by atoms with Gasteiger partial charge in [0.05, 0.1) is 15.7 Å². The van der Waals surface area contributed by atoms with Gasteiger partial charge in [0, 0.05) is 11.1 Å². The zero-order valence-electron chi connectivity index (χ0n) is 17.9. The Morgan fingerprint density at radius 3 is 2.48 bits per heavy atom. The third-order valence-corrected chi connectivity index (χ3v) is 7.32. The molecule has 1 aliphatic carbocycles. The van der Waals surface area contributed by atoms with Crippen LogP contribution in [0, 0.1) is 5.92 Å². The molecule has 0 unspecified atom stereocenters. The molecule has 1 fully saturated rings. The van der Waals surface area contributed by atoms with Crippen molar-refractivity contribution in [3.63, 3.8) is 0 Å². The zero-order chi connectivity index (χ0) is 22.8. The second-order valence-corrected chi connectivity index (χ2v) is 9.52. The highest BCUT2D eigenvalue weighted by Gasteiger charge is 2.28. The van der Waals surface area contributed by atoms with Crippen LogP contribution in [0.2, 0.25) is 5.02 Å². The number of fused-ring (bicyclic) bond motifs is 1. The van der Waals surface area contributed by atoms with E-state index in [-0.39, 0.29) is 0 Å². The third-order valence-electron chi connectivity index (χ3n) is 6.18. The van der Waals surface area contributed by atoms with Crippen LogP contribution in [0.1, 0.15) is 41.5 Å². The fraction of sp³-hybridized carbons (Fsp3) is 0.143. The molecule has 4 aromatic rings. The average molecular weight is 472 g/mol. The average Bonchev–Trinajstić information content (AvgIpc) is 3.25. The van der Waals surface area contributed by atoms with E-state index in [4.69, 9.17) is 16.7 Å². The predicted molar refractivity (Wildman–Crippen MR) is 137 cm³/mol. The summed E-state index contributed by atoms with van der Waals surface area (Å²) < 4.78 is 1.16. The van der Waals surface area contributed by atoms with Crippen LogP contribution in [-0.2, 0) is 4.79 Å². The number of aromatic nitrogens is 1. The van der Waals surface area contributed by atoms with Gasteiger partial charge in [0.2, 0.25) is 0 Å². The van der Waals surface area contributed by atoms with E-state index >= 15 is 0 Å². The molecular formula is C28H22ClNO2S. The first kappa shape index (κ1) is 21.6. The summed E-state index contributed by atoms with van der Waals surface area (Å²) >= 11 is 8.37. The maximum absolute atomic E-state index is 10.9. The minimum absolute atomic E-state index is 0.442. The van der Waals surface area contributed by atoms with Gasteiger partial charge in [0.15, 0.2) is 0 Å². The van der Waals surface area contributed by atoms with Crippen LogP contribution >= 0.6 is 22.9 Å². The van der Waals surface area contributed by atoms with Gasteiger partial charge in [0.25, 0.3) is 0 Å². The van der Waals surface area contributed by atoms with Crippen LogP contribution in [0.3, 0.4) is 0 Å². The minimum Gasteiger partial charge on any atom is -0.478 e. The monoisotopic (exact) mass is 471 g/mol. The molecule has 0 amide bonds. The zero-order valence-corrected chi connectivity index (χ0v) is 19.4. The summed E-state index contributed by atoms with van der Waals surface area (Å²) in [6, 6.07) is 22.6. The molecule has 1 aliphatic rings. The van der Waals surface area contributed by atoms with Crippen LogP contribution in [0.15, 0.2) is 78.3 Å². The number of rotatable bonds is 6. The summed E-state index contributed by atoms with van der Waals surface area (Å²) in [5, 5.41) is 9.70. The standard InChI is InChI=1S/C28H22ClNO2S/c29-23-7-2-1-6-22(23)28(19-4-3-5-19)27(21-13-14-25-24(16-21)30-17-33-25)20-11-8-18(9-12-20)10-15-26(31)32/h1-2,6-17,19H,3-5H2,(H,31,32). The summed E-state index contributed by atoms with van der Waals surface area (Å²) in [4.78, 5) is 15.4. The Bertz CT molecular complexity index is 1380. The number of allylic oxidation sites excluding steroid dienone is 1. The van der Waals surface area contributed by atoms with E-state index in [0.29, 0.717) is 5.92 Å². The molecule has 33 heavy (non-hydrogen) atoms. The molecule has 0 spiro atoms. The molecular weight excluding hydrogens is 450 g/mol. The summed E-state index contributed by atoms with van der Waals surface area (Å²) in [7, 11) is 0. The van der Waals surface area contributed by atoms with Crippen LogP contribution in [0.25, 0.3) is 27.4 Å². The molecule has 3 aromatic carbocycles. The number of aliphatic carboxylic acids is 1. The topological polar surface area (TPSA) is 50.2 Å². The molecule has 0 atom stereocenters. The molecule has 3 nitrogen and oxygen atoms in total. The first-order valence-electron chi connectivity index (χ1n) is 10.9. The van der Waals surface area contributed by atoms with Crippen molar-refractivity contribution in [3.05, 3.63) is 106 Å². The SMILES string of the molecule is O=C(O)C=Cc1ccc(C(=C(c2ccccc2Cl)C2CCC2)c2ccc3scnc3c2)cc1. The van der Waals surface area contributed by atoms with E-state index in [1.165, 1.54) is 12.0 Å². The van der Waals surface area contributed by atoms with Crippen molar-refractivity contribution in [2.45, 2.75) is 19.3 Å². The Morgan fingerprint density at radius 1 is 1.03 bits per heavy atom. The Labute approximate surface area is 201 Å². The van der Waals surface area contributed by atoms with E-state index in [1.807, 2.05) is 35.8 Å². The summed E-state index contributed by atoms with van der Waals surface area (Å²) in [5.41, 5.74) is 9.42. The molecule has 0 aliphatic heterocycles. The largest absolute Gasteiger partial charge is 0.478 e. The number of benzene rings is 3. The smallest absolute Gasteiger partial charge is 0.328 e. The van der Waals surface area contributed by atoms with Crippen LogP contribution < -0.4 is 0 Å². The van der Waals surface area contributed by atoms with Gasteiger partial charge in [-0.05, 0) is 76.4 Å². The maximum Gasteiger partial charge on any atom is 0.328 e. The lowest BCUT2D eigenvalue weighted by Crippen LogP contribution is -2.15. The van der Waals surface area contributed by atoms with Crippen LogP contribution in [0.5, 0.6) is 0 Å². The number of carbonyl (C=O) groups is 1. The van der Waals surface area contributed by atoms with E-state index in [1.54, 1.807) is 17.4 Å². The first-order valence-corrected chi connectivity index (χ1v) is 12.2. The van der Waals surface area contributed by atoms with Crippen molar-refractivity contribution >= 4 is 56.3 Å². The van der Waals surface area contributed by atoms with Gasteiger partial charge in [0.1, 0.15) is 0 Å². The Morgan fingerprint density at radius 2 is 1.79 bits per heavy atom. The van der Waals surface area contributed by atoms with Gasteiger partial charge in [-0.15, -0.1) is 11.3 Å². The van der Waals surface area contributed by atoms with Crippen molar-refractivity contribution in [1.82, 2.24) is 4.98 Å². The fourth-order valence-corrected chi connectivity index (χ4v) is 5.25. The van der Waals surface area contributed by atoms with Gasteiger partial charge in [-0.1, -0.05) is 66.6 Å². The van der Waals surface area contributed by atoms with E-state index in [2.05, 4.69) is 41.4 Å². The molecule has 0 saturated heterocycles. The van der Waals surface area contributed by atoms with Crippen molar-refractivity contribution in [2.24, 2.45) is 5.92 Å². The van der Waals surface area contributed by atoms with Gasteiger partial charge < -0.3 is 5.11 Å². The van der Waals surface area contributed by atoms with Gasteiger partial charge in [-0.3, -0.25) is 0 Å². The Balaban J connectivity index is 1.74. The van der Waals surface area contributed by atoms with Crippen LogP contribution in [0.4, 0.5) is 0 Å². The number of thiazole rings is 1. The minimum atomic E-state index is -0.956. The molecule has 1 heterocycles. The molecule has 1 N–H and O–H groups in total. The molecule has 1 aromatic heterocycles. The molecule has 0 bridgehead atoms. The highest BCUT2D eigenvalue weighted by molar-refractivity contribution is 7.16. The van der Waals surface area contributed by atoms with E-state index < -0.39 is 5.97 Å². The van der Waals surface area contributed by atoms with Gasteiger partial charge in [-0.2, -0.15) is 0 Å². The summed E-state index contributed by atoms with van der Waals surface area (Å²) in [5.74, 6) is -0.514. The van der Waals surface area contributed by atoms with Crippen molar-refractivity contribution in [3.8, 4) is 0 Å². The molecule has 1 saturated carbocycles. The quantitative estimate of drug-likeness (QED) is 0.230. The molecule has 5 heteroatoms. The lowest BCUT2D eigenvalue weighted by molar-refractivity contribution is -0.131. The highest BCUT2D eigenvalue weighted by atomic mass is 35.5. The number of hydrogen-bond acceptors (Lipinski definition) is 3. The van der Waals surface area contributed by atoms with Gasteiger partial charge >= 0.3 is 5.97 Å². The number of nitrogens with zero attached hydrogens (tertiary/aromatic N) is 1. The molecule has 5 rings (SSSR count).